The quantitative estimate of drug-likeness (QED) is 0.773. The molecule has 2 heterocycles. The number of carbonyl (C=O) groups excluding carboxylic acids is 1. The molecule has 7 nitrogen and oxygen atoms in total. The van der Waals surface area contributed by atoms with Gasteiger partial charge in [0.25, 0.3) is 0 Å². The van der Waals surface area contributed by atoms with Crippen molar-refractivity contribution < 1.29 is 13.8 Å². The average Bonchev–Trinajstić information content (AvgIpc) is 3.13. The molecule has 1 saturated heterocycles. The molecule has 4 rings (SSSR count). The van der Waals surface area contributed by atoms with Crippen molar-refractivity contribution in [1.82, 2.24) is 15.2 Å². The molecule has 1 aromatic heterocycles. The fourth-order valence-corrected chi connectivity index (χ4v) is 3.12. The number of hydrogen-bond acceptors (Lipinski definition) is 6. The van der Waals surface area contributed by atoms with Crippen LogP contribution in [-0.2, 0) is 4.79 Å². The molecule has 8 heteroatoms. The van der Waals surface area contributed by atoms with Crippen LogP contribution in [-0.4, -0.2) is 53.8 Å². The van der Waals surface area contributed by atoms with Gasteiger partial charge in [0.05, 0.1) is 12.2 Å². The van der Waals surface area contributed by atoms with Gasteiger partial charge in [-0.25, -0.2) is 9.02 Å². The van der Waals surface area contributed by atoms with Gasteiger partial charge in [-0.15, -0.1) is 0 Å². The molecule has 0 aliphatic carbocycles. The molecule has 134 valence electrons. The number of anilines is 2. The van der Waals surface area contributed by atoms with Crippen molar-refractivity contribution in [2.45, 2.75) is 0 Å². The van der Waals surface area contributed by atoms with Crippen molar-refractivity contribution in [1.29, 1.82) is 0 Å². The second kappa shape index (κ2) is 7.09. The van der Waals surface area contributed by atoms with Crippen LogP contribution in [0.3, 0.4) is 0 Å². The minimum Gasteiger partial charge on any atom is -0.369 e. The van der Waals surface area contributed by atoms with Crippen molar-refractivity contribution in [3.05, 3.63) is 48.3 Å². The van der Waals surface area contributed by atoms with Gasteiger partial charge in [0.15, 0.2) is 5.52 Å². The first-order chi connectivity index (χ1) is 12.7. The fraction of sp³-hybridized carbons (Fsp3) is 0.278. The second-order valence-electron chi connectivity index (χ2n) is 6.23. The first-order valence-electron chi connectivity index (χ1n) is 8.43. The lowest BCUT2D eigenvalue weighted by Crippen LogP contribution is -2.48. The highest BCUT2D eigenvalue weighted by Gasteiger charge is 2.20. The molecule has 1 N–H and O–H groups in total. The number of nitrogens with one attached hydrogen (secondary N) is 1. The molecule has 0 saturated carbocycles. The molecular formula is C18H18FN5O2. The standard InChI is InChI=1S/C18H18FN5O2/c19-13-4-6-14(7-5-13)24-10-8-23(9-11-24)12-17(25)20-15-2-1-3-16-18(15)22-26-21-16/h1-7H,8-12H2,(H,20,25). The Labute approximate surface area is 149 Å². The summed E-state index contributed by atoms with van der Waals surface area (Å²) < 4.78 is 17.7. The van der Waals surface area contributed by atoms with Crippen molar-refractivity contribution in [2.75, 3.05) is 42.9 Å². The third-order valence-corrected chi connectivity index (χ3v) is 4.49. The summed E-state index contributed by atoms with van der Waals surface area (Å²) in [4.78, 5) is 16.6. The highest BCUT2D eigenvalue weighted by Crippen LogP contribution is 2.20. The first-order valence-corrected chi connectivity index (χ1v) is 8.43. The van der Waals surface area contributed by atoms with E-state index < -0.39 is 0 Å². The van der Waals surface area contributed by atoms with E-state index in [0.717, 1.165) is 31.9 Å². The number of piperazine rings is 1. The Bertz CT molecular complexity index is 903. The zero-order valence-electron chi connectivity index (χ0n) is 14.1. The van der Waals surface area contributed by atoms with Crippen LogP contribution in [0.2, 0.25) is 0 Å². The van der Waals surface area contributed by atoms with E-state index in [4.69, 9.17) is 4.63 Å². The summed E-state index contributed by atoms with van der Waals surface area (Å²) in [5, 5.41) is 10.5. The third kappa shape index (κ3) is 3.50. The lowest BCUT2D eigenvalue weighted by Gasteiger charge is -2.35. The third-order valence-electron chi connectivity index (χ3n) is 4.49. The van der Waals surface area contributed by atoms with Gasteiger partial charge in [0.2, 0.25) is 5.91 Å². The van der Waals surface area contributed by atoms with Crippen LogP contribution in [0, 0.1) is 5.82 Å². The summed E-state index contributed by atoms with van der Waals surface area (Å²) >= 11 is 0. The second-order valence-corrected chi connectivity index (χ2v) is 6.23. The van der Waals surface area contributed by atoms with E-state index in [1.165, 1.54) is 12.1 Å². The van der Waals surface area contributed by atoms with Crippen LogP contribution in [0.15, 0.2) is 47.1 Å². The van der Waals surface area contributed by atoms with Gasteiger partial charge in [-0.2, -0.15) is 0 Å². The van der Waals surface area contributed by atoms with E-state index in [-0.39, 0.29) is 11.7 Å². The summed E-state index contributed by atoms with van der Waals surface area (Å²) in [6.45, 7) is 3.42. The average molecular weight is 355 g/mol. The Kier molecular flexibility index (Phi) is 4.49. The van der Waals surface area contributed by atoms with Gasteiger partial charge in [-0.05, 0) is 46.7 Å². The lowest BCUT2D eigenvalue weighted by molar-refractivity contribution is -0.117. The van der Waals surface area contributed by atoms with Crippen molar-refractivity contribution in [3.63, 3.8) is 0 Å². The maximum Gasteiger partial charge on any atom is 0.238 e. The SMILES string of the molecule is O=C(CN1CCN(c2ccc(F)cc2)CC1)Nc1cccc2nonc12. The predicted octanol–water partition coefficient (Wildman–Crippen LogP) is 2.12. The largest absolute Gasteiger partial charge is 0.369 e. The summed E-state index contributed by atoms with van der Waals surface area (Å²) in [6, 6.07) is 11.8. The minimum absolute atomic E-state index is 0.101. The van der Waals surface area contributed by atoms with Crippen LogP contribution in [0.5, 0.6) is 0 Å². The minimum atomic E-state index is -0.235. The Morgan fingerprint density at radius 2 is 1.85 bits per heavy atom. The number of fused-ring (bicyclic) bond motifs is 1. The van der Waals surface area contributed by atoms with Crippen molar-refractivity contribution in [2.24, 2.45) is 0 Å². The van der Waals surface area contributed by atoms with E-state index in [1.807, 2.05) is 0 Å². The Hall–Kier alpha value is -3.00. The molecule has 0 radical (unpaired) electrons. The van der Waals surface area contributed by atoms with E-state index in [2.05, 4.69) is 25.4 Å². The molecule has 0 spiro atoms. The first kappa shape index (κ1) is 16.5. The van der Waals surface area contributed by atoms with Crippen LogP contribution in [0.4, 0.5) is 15.8 Å². The molecule has 0 atom stereocenters. The highest BCUT2D eigenvalue weighted by molar-refractivity contribution is 5.99. The smallest absolute Gasteiger partial charge is 0.238 e. The molecule has 1 aliphatic rings. The molecule has 2 aromatic carbocycles. The number of carbonyl (C=O) groups is 1. The Morgan fingerprint density at radius 1 is 1.08 bits per heavy atom. The number of benzene rings is 2. The van der Waals surface area contributed by atoms with Crippen molar-refractivity contribution >= 4 is 28.3 Å². The maximum atomic E-state index is 13.0. The number of rotatable bonds is 4. The maximum absolute atomic E-state index is 13.0. The molecule has 3 aromatic rings. The molecule has 1 aliphatic heterocycles. The van der Waals surface area contributed by atoms with Gasteiger partial charge in [-0.3, -0.25) is 9.69 Å². The van der Waals surface area contributed by atoms with E-state index in [9.17, 15) is 9.18 Å². The summed E-state index contributed by atoms with van der Waals surface area (Å²) in [5.74, 6) is -0.336. The van der Waals surface area contributed by atoms with Gasteiger partial charge in [0, 0.05) is 31.9 Å². The zero-order valence-corrected chi connectivity index (χ0v) is 14.1. The number of hydrogen-bond donors (Lipinski definition) is 1. The molecule has 26 heavy (non-hydrogen) atoms. The molecular weight excluding hydrogens is 337 g/mol. The number of amides is 1. The molecule has 1 fully saturated rings. The van der Waals surface area contributed by atoms with Gasteiger partial charge >= 0.3 is 0 Å². The monoisotopic (exact) mass is 355 g/mol. The van der Waals surface area contributed by atoms with Crippen LogP contribution in [0.1, 0.15) is 0 Å². The van der Waals surface area contributed by atoms with Crippen molar-refractivity contribution in [3.8, 4) is 0 Å². The normalized spacial score (nSPS) is 15.3. The van der Waals surface area contributed by atoms with Gasteiger partial charge < -0.3 is 10.2 Å². The van der Waals surface area contributed by atoms with Gasteiger partial charge in [-0.1, -0.05) is 6.07 Å². The van der Waals surface area contributed by atoms with E-state index >= 15 is 0 Å². The summed E-state index contributed by atoms with van der Waals surface area (Å²) in [6.07, 6.45) is 0. The summed E-state index contributed by atoms with van der Waals surface area (Å²) in [5.41, 5.74) is 2.75. The molecule has 1 amide bonds. The molecule has 0 bridgehead atoms. The van der Waals surface area contributed by atoms with E-state index in [1.54, 1.807) is 30.3 Å². The van der Waals surface area contributed by atoms with Gasteiger partial charge in [0.1, 0.15) is 11.3 Å². The van der Waals surface area contributed by atoms with Crippen LogP contribution < -0.4 is 10.2 Å². The topological polar surface area (TPSA) is 74.5 Å². The fourth-order valence-electron chi connectivity index (χ4n) is 3.12. The number of halogens is 1. The number of nitrogens with zero attached hydrogens (tertiary/aromatic N) is 4. The lowest BCUT2D eigenvalue weighted by atomic mass is 10.2. The highest BCUT2D eigenvalue weighted by atomic mass is 19.1. The Morgan fingerprint density at radius 3 is 2.62 bits per heavy atom. The van der Waals surface area contributed by atoms with Crippen LogP contribution in [0.25, 0.3) is 11.0 Å². The Balaban J connectivity index is 1.32. The zero-order chi connectivity index (χ0) is 17.9. The predicted molar refractivity (Wildman–Crippen MR) is 95.5 cm³/mol. The molecule has 0 unspecified atom stereocenters. The van der Waals surface area contributed by atoms with E-state index in [0.29, 0.717) is 23.3 Å². The summed E-state index contributed by atoms with van der Waals surface area (Å²) in [7, 11) is 0. The number of aromatic nitrogens is 2. The van der Waals surface area contributed by atoms with Crippen LogP contribution >= 0.6 is 0 Å².